The van der Waals surface area contributed by atoms with Crippen LogP contribution in [0.3, 0.4) is 0 Å². The van der Waals surface area contributed by atoms with Crippen LogP contribution < -0.4 is 0 Å². The summed E-state index contributed by atoms with van der Waals surface area (Å²) in [6, 6.07) is 0.0557. The Bertz CT molecular complexity index is 691. The quantitative estimate of drug-likeness (QED) is 0.792. The van der Waals surface area contributed by atoms with Gasteiger partial charge >= 0.3 is 0 Å². The van der Waals surface area contributed by atoms with Crippen LogP contribution in [0, 0.1) is 12.8 Å². The molecule has 8 nitrogen and oxygen atoms in total. The van der Waals surface area contributed by atoms with Gasteiger partial charge in [0.15, 0.2) is 5.82 Å². The molecule has 4 rings (SSSR count). The fraction of sp³-hybridized carbons (Fsp3) is 0.778. The molecule has 1 saturated carbocycles. The first-order valence-corrected chi connectivity index (χ1v) is 9.47. The Balaban J connectivity index is 1.37. The number of carbonyl (C=O) groups is 2. The maximum Gasteiger partial charge on any atom is 0.248 e. The number of nitrogens with zero attached hydrogens (tertiary/aromatic N) is 4. The summed E-state index contributed by atoms with van der Waals surface area (Å²) in [6.07, 6.45) is 4.08. The van der Waals surface area contributed by atoms with E-state index >= 15 is 0 Å². The van der Waals surface area contributed by atoms with Crippen molar-refractivity contribution in [3.63, 3.8) is 0 Å². The molecule has 0 unspecified atom stereocenters. The minimum absolute atomic E-state index is 0.00197. The first kappa shape index (κ1) is 17.5. The van der Waals surface area contributed by atoms with Crippen LogP contribution in [0.5, 0.6) is 0 Å². The van der Waals surface area contributed by atoms with E-state index in [1.54, 1.807) is 6.92 Å². The highest BCUT2D eigenvalue weighted by Gasteiger charge is 2.49. The lowest BCUT2D eigenvalue weighted by molar-refractivity contribution is -0.188. The van der Waals surface area contributed by atoms with Gasteiger partial charge in [0.25, 0.3) is 0 Å². The van der Waals surface area contributed by atoms with Gasteiger partial charge < -0.3 is 19.1 Å². The van der Waals surface area contributed by atoms with Crippen molar-refractivity contribution in [3.05, 3.63) is 11.7 Å². The molecular weight excluding hydrogens is 336 g/mol. The lowest BCUT2D eigenvalue weighted by Crippen LogP contribution is -2.64. The molecule has 142 valence electrons. The average molecular weight is 362 g/mol. The third-order valence-electron chi connectivity index (χ3n) is 6.02. The van der Waals surface area contributed by atoms with Gasteiger partial charge in [-0.15, -0.1) is 0 Å². The number of rotatable bonds is 4. The Kier molecular flexibility index (Phi) is 4.46. The average Bonchev–Trinajstić information content (AvgIpc) is 3.36. The first-order chi connectivity index (χ1) is 12.5. The van der Waals surface area contributed by atoms with Gasteiger partial charge in [0, 0.05) is 19.6 Å². The lowest BCUT2D eigenvalue weighted by Gasteiger charge is -2.51. The molecule has 26 heavy (non-hydrogen) atoms. The van der Waals surface area contributed by atoms with Crippen LogP contribution in [-0.4, -0.2) is 69.6 Å². The van der Waals surface area contributed by atoms with E-state index in [4.69, 9.17) is 9.26 Å². The van der Waals surface area contributed by atoms with Gasteiger partial charge in [-0.05, 0) is 45.4 Å². The van der Waals surface area contributed by atoms with Crippen molar-refractivity contribution in [2.75, 3.05) is 26.2 Å². The van der Waals surface area contributed by atoms with E-state index in [1.165, 1.54) is 12.8 Å². The van der Waals surface area contributed by atoms with Crippen LogP contribution in [0.1, 0.15) is 44.3 Å². The Morgan fingerprint density at radius 3 is 2.65 bits per heavy atom. The highest BCUT2D eigenvalue weighted by molar-refractivity contribution is 5.79. The smallest absolute Gasteiger partial charge is 0.248 e. The van der Waals surface area contributed by atoms with E-state index in [1.807, 2.05) is 9.80 Å². The fourth-order valence-electron chi connectivity index (χ4n) is 4.10. The number of aryl methyl sites for hydroxylation is 1. The van der Waals surface area contributed by atoms with Crippen LogP contribution in [0.15, 0.2) is 4.52 Å². The summed E-state index contributed by atoms with van der Waals surface area (Å²) >= 11 is 0. The highest BCUT2D eigenvalue weighted by Crippen LogP contribution is 2.38. The molecule has 1 aliphatic carbocycles. The summed E-state index contributed by atoms with van der Waals surface area (Å²) in [5.41, 5.74) is -0.333. The zero-order valence-electron chi connectivity index (χ0n) is 15.4. The molecule has 2 aliphatic heterocycles. The van der Waals surface area contributed by atoms with Crippen molar-refractivity contribution in [1.29, 1.82) is 0 Å². The molecule has 0 aromatic carbocycles. The second kappa shape index (κ2) is 6.64. The maximum atomic E-state index is 12.5. The van der Waals surface area contributed by atoms with E-state index < -0.39 is 0 Å². The van der Waals surface area contributed by atoms with Gasteiger partial charge in [0.05, 0.1) is 11.6 Å². The highest BCUT2D eigenvalue weighted by atomic mass is 16.5. The van der Waals surface area contributed by atoms with Gasteiger partial charge in [0.2, 0.25) is 17.7 Å². The number of morpholine rings is 1. The molecule has 1 atom stereocenters. The summed E-state index contributed by atoms with van der Waals surface area (Å²) in [5, 5.41) is 3.72. The van der Waals surface area contributed by atoms with Crippen LogP contribution >= 0.6 is 0 Å². The Morgan fingerprint density at radius 2 is 2.04 bits per heavy atom. The van der Waals surface area contributed by atoms with E-state index in [-0.39, 0.29) is 36.5 Å². The number of hydrogen-bond acceptors (Lipinski definition) is 6. The van der Waals surface area contributed by atoms with Crippen molar-refractivity contribution >= 4 is 11.8 Å². The summed E-state index contributed by atoms with van der Waals surface area (Å²) in [5.74, 6) is 1.65. The molecule has 1 spiro atoms. The van der Waals surface area contributed by atoms with Crippen molar-refractivity contribution < 1.29 is 18.8 Å². The first-order valence-electron chi connectivity index (χ1n) is 9.47. The minimum Gasteiger partial charge on any atom is -0.363 e. The summed E-state index contributed by atoms with van der Waals surface area (Å²) in [6.45, 7) is 6.09. The van der Waals surface area contributed by atoms with E-state index in [0.29, 0.717) is 30.7 Å². The standard InChI is InChI=1S/C18H26N4O4/c1-12-18(25-11-17(24)22(12)10-14-3-4-14)5-7-21(8-6-18)16(23)9-15-19-13(2)20-26-15/h12,14H,3-11H2,1-2H3/t12-/m1/s1. The molecule has 3 aliphatic rings. The van der Waals surface area contributed by atoms with Gasteiger partial charge in [-0.3, -0.25) is 9.59 Å². The normalized spacial score (nSPS) is 25.8. The van der Waals surface area contributed by atoms with Crippen LogP contribution in [0.25, 0.3) is 0 Å². The zero-order valence-corrected chi connectivity index (χ0v) is 15.4. The van der Waals surface area contributed by atoms with Gasteiger partial charge in [0.1, 0.15) is 13.0 Å². The molecule has 2 saturated heterocycles. The Hall–Kier alpha value is -1.96. The molecule has 0 N–H and O–H groups in total. The molecule has 0 radical (unpaired) electrons. The molecule has 3 heterocycles. The molecule has 2 amide bonds. The summed E-state index contributed by atoms with van der Waals surface area (Å²) < 4.78 is 11.1. The van der Waals surface area contributed by atoms with E-state index in [0.717, 1.165) is 19.4 Å². The second-order valence-corrected chi connectivity index (χ2v) is 7.81. The largest absolute Gasteiger partial charge is 0.363 e. The van der Waals surface area contributed by atoms with E-state index in [2.05, 4.69) is 17.1 Å². The van der Waals surface area contributed by atoms with Crippen molar-refractivity contribution in [2.45, 2.75) is 57.6 Å². The lowest BCUT2D eigenvalue weighted by atomic mass is 9.82. The van der Waals surface area contributed by atoms with Gasteiger partial charge in [-0.1, -0.05) is 5.16 Å². The molecule has 8 heteroatoms. The third-order valence-corrected chi connectivity index (χ3v) is 6.02. The SMILES string of the molecule is Cc1noc(CC(=O)N2CCC3(CC2)OCC(=O)N(CC2CC2)[C@@H]3C)n1. The van der Waals surface area contributed by atoms with E-state index in [9.17, 15) is 9.59 Å². The Morgan fingerprint density at radius 1 is 1.31 bits per heavy atom. The predicted octanol–water partition coefficient (Wildman–Crippen LogP) is 0.939. The maximum absolute atomic E-state index is 12.5. The molecule has 3 fully saturated rings. The number of likely N-dealkylation sites (tertiary alicyclic amines) is 1. The molecule has 0 bridgehead atoms. The molecule has 1 aromatic rings. The number of ether oxygens (including phenoxy) is 1. The fourth-order valence-corrected chi connectivity index (χ4v) is 4.10. The van der Waals surface area contributed by atoms with Crippen LogP contribution in [0.2, 0.25) is 0 Å². The van der Waals surface area contributed by atoms with Gasteiger partial charge in [-0.25, -0.2) is 0 Å². The van der Waals surface area contributed by atoms with Crippen molar-refractivity contribution in [1.82, 2.24) is 19.9 Å². The second-order valence-electron chi connectivity index (χ2n) is 7.81. The third kappa shape index (κ3) is 3.34. The topological polar surface area (TPSA) is 88.8 Å². The number of amides is 2. The van der Waals surface area contributed by atoms with Crippen molar-refractivity contribution in [2.24, 2.45) is 5.92 Å². The van der Waals surface area contributed by atoms with Crippen LogP contribution in [-0.2, 0) is 20.7 Å². The molecular formula is C18H26N4O4. The Labute approximate surface area is 152 Å². The summed E-state index contributed by atoms with van der Waals surface area (Å²) in [4.78, 5) is 32.7. The zero-order chi connectivity index (χ0) is 18.3. The van der Waals surface area contributed by atoms with Gasteiger partial charge in [-0.2, -0.15) is 4.98 Å². The number of aromatic nitrogens is 2. The van der Waals surface area contributed by atoms with Crippen molar-refractivity contribution in [3.8, 4) is 0 Å². The monoisotopic (exact) mass is 362 g/mol. The van der Waals surface area contributed by atoms with Crippen LogP contribution in [0.4, 0.5) is 0 Å². The number of piperidine rings is 1. The summed E-state index contributed by atoms with van der Waals surface area (Å²) in [7, 11) is 0. The number of carbonyl (C=O) groups excluding carboxylic acids is 2. The molecule has 1 aromatic heterocycles. The minimum atomic E-state index is -0.333. The number of hydrogen-bond donors (Lipinski definition) is 0. The predicted molar refractivity (Wildman–Crippen MR) is 91.1 cm³/mol.